The van der Waals surface area contributed by atoms with Crippen molar-refractivity contribution < 1.29 is 26.7 Å². The third-order valence-electron chi connectivity index (χ3n) is 6.46. The highest BCUT2D eigenvalue weighted by atomic mass is 19.4. The van der Waals surface area contributed by atoms with E-state index in [0.29, 0.717) is 24.0 Å². The van der Waals surface area contributed by atoms with Gasteiger partial charge in [-0.2, -0.15) is 18.2 Å². The molecule has 13 heteroatoms. The lowest BCUT2D eigenvalue weighted by Gasteiger charge is -2.37. The molecule has 1 aliphatic heterocycles. The molecule has 1 saturated carbocycles. The maximum atomic E-state index is 14.3. The van der Waals surface area contributed by atoms with Crippen LogP contribution in [0.3, 0.4) is 0 Å². The number of benzene rings is 1. The minimum atomic E-state index is -4.63. The summed E-state index contributed by atoms with van der Waals surface area (Å²) in [7, 11) is 0. The lowest BCUT2D eigenvalue weighted by atomic mass is 9.92. The van der Waals surface area contributed by atoms with Gasteiger partial charge in [0.1, 0.15) is 0 Å². The Morgan fingerprint density at radius 1 is 1.14 bits per heavy atom. The van der Waals surface area contributed by atoms with Crippen molar-refractivity contribution in [2.24, 2.45) is 11.8 Å². The highest BCUT2D eigenvalue weighted by Crippen LogP contribution is 2.40. The maximum Gasteiger partial charge on any atom is 0.416 e. The van der Waals surface area contributed by atoms with Crippen molar-refractivity contribution in [3.63, 3.8) is 0 Å². The van der Waals surface area contributed by atoms with E-state index in [2.05, 4.69) is 30.5 Å². The predicted molar refractivity (Wildman–Crippen MR) is 117 cm³/mol. The zero-order valence-corrected chi connectivity index (χ0v) is 19.4. The van der Waals surface area contributed by atoms with Gasteiger partial charge in [-0.05, 0) is 56.7 Å². The Morgan fingerprint density at radius 3 is 2.46 bits per heavy atom. The van der Waals surface area contributed by atoms with Crippen LogP contribution in [0.5, 0.6) is 11.8 Å². The number of ether oxygens (including phenoxy) is 1. The van der Waals surface area contributed by atoms with E-state index in [9.17, 15) is 17.6 Å². The lowest BCUT2D eigenvalue weighted by molar-refractivity contribution is -0.137. The quantitative estimate of drug-likeness (QED) is 0.486. The van der Waals surface area contributed by atoms with Crippen molar-refractivity contribution in [3.8, 4) is 11.8 Å². The number of rotatable bonds is 6. The summed E-state index contributed by atoms with van der Waals surface area (Å²) in [6.07, 6.45) is -2.61. The second kappa shape index (κ2) is 8.68. The summed E-state index contributed by atoms with van der Waals surface area (Å²) < 4.78 is 66.0. The molecule has 35 heavy (non-hydrogen) atoms. The Labute approximate surface area is 198 Å². The third kappa shape index (κ3) is 4.63. The molecule has 2 fully saturated rings. The molecule has 3 aromatic rings. The second-order valence-corrected chi connectivity index (χ2v) is 9.28. The smallest absolute Gasteiger partial charge is 0.416 e. The van der Waals surface area contributed by atoms with E-state index in [-0.39, 0.29) is 35.9 Å². The van der Waals surface area contributed by atoms with Crippen LogP contribution in [-0.4, -0.2) is 44.1 Å². The minimum Gasteiger partial charge on any atom is -0.421 e. The molecule has 3 atom stereocenters. The molecule has 188 valence electrons. The molecule has 1 aliphatic carbocycles. The van der Waals surface area contributed by atoms with Crippen molar-refractivity contribution in [3.05, 3.63) is 35.5 Å². The van der Waals surface area contributed by atoms with Crippen molar-refractivity contribution in [2.75, 3.05) is 23.3 Å². The number of aryl methyl sites for hydroxylation is 1. The summed E-state index contributed by atoms with van der Waals surface area (Å²) in [6.45, 7) is 6.87. The van der Waals surface area contributed by atoms with Gasteiger partial charge in [0.15, 0.2) is 11.6 Å². The molecule has 2 aliphatic rings. The van der Waals surface area contributed by atoms with E-state index in [1.807, 2.05) is 13.8 Å². The molecule has 0 radical (unpaired) electrons. The van der Waals surface area contributed by atoms with Crippen LogP contribution in [0.1, 0.15) is 44.2 Å². The molecule has 0 unspecified atom stereocenters. The number of anilines is 2. The number of hydrogen-bond donors (Lipinski definition) is 1. The first-order valence-corrected chi connectivity index (χ1v) is 11.4. The first-order chi connectivity index (χ1) is 16.6. The molecule has 2 aromatic heterocycles. The van der Waals surface area contributed by atoms with E-state index in [1.165, 1.54) is 4.68 Å². The van der Waals surface area contributed by atoms with Gasteiger partial charge in [0, 0.05) is 26.1 Å². The molecule has 5 rings (SSSR count). The molecule has 3 heterocycles. The van der Waals surface area contributed by atoms with E-state index < -0.39 is 23.3 Å². The van der Waals surface area contributed by atoms with Gasteiger partial charge >= 0.3 is 18.2 Å². The van der Waals surface area contributed by atoms with Gasteiger partial charge in [-0.15, -0.1) is 10.2 Å². The molecule has 9 nitrogen and oxygen atoms in total. The number of halogens is 4. The Morgan fingerprint density at radius 2 is 1.86 bits per heavy atom. The summed E-state index contributed by atoms with van der Waals surface area (Å²) >= 11 is 0. The van der Waals surface area contributed by atoms with Gasteiger partial charge < -0.3 is 19.4 Å². The Bertz CT molecular complexity index is 1190. The van der Waals surface area contributed by atoms with Crippen LogP contribution < -0.4 is 15.0 Å². The number of hydrogen-bond acceptors (Lipinski definition) is 8. The summed E-state index contributed by atoms with van der Waals surface area (Å²) in [5.41, 5.74) is -1.01. The Kier molecular flexibility index (Phi) is 5.80. The fourth-order valence-corrected chi connectivity index (χ4v) is 4.81. The minimum absolute atomic E-state index is 0.0909. The average Bonchev–Trinajstić information content (AvgIpc) is 3.45. The highest BCUT2D eigenvalue weighted by molar-refractivity contribution is 5.37. The number of aromatic nitrogens is 5. The molecule has 1 N–H and O–H groups in total. The van der Waals surface area contributed by atoms with Crippen LogP contribution >= 0.6 is 0 Å². The Hall–Kier alpha value is -3.38. The van der Waals surface area contributed by atoms with E-state index >= 15 is 0 Å². The second-order valence-electron chi connectivity index (χ2n) is 9.28. The topological polar surface area (TPSA) is 94.1 Å². The highest BCUT2D eigenvalue weighted by Gasteiger charge is 2.44. The van der Waals surface area contributed by atoms with E-state index in [0.717, 1.165) is 32.0 Å². The monoisotopic (exact) mass is 495 g/mol. The van der Waals surface area contributed by atoms with Crippen LogP contribution in [0.2, 0.25) is 0 Å². The zero-order valence-electron chi connectivity index (χ0n) is 19.4. The largest absolute Gasteiger partial charge is 0.421 e. The molecular weight excluding hydrogens is 470 g/mol. The normalized spacial score (nSPS) is 22.2. The molecule has 1 aromatic carbocycles. The number of piperidine rings is 1. The van der Waals surface area contributed by atoms with Crippen LogP contribution in [-0.2, 0) is 6.18 Å². The first-order valence-electron chi connectivity index (χ1n) is 11.4. The van der Waals surface area contributed by atoms with E-state index in [1.54, 1.807) is 6.92 Å². The summed E-state index contributed by atoms with van der Waals surface area (Å²) in [4.78, 5) is 6.44. The zero-order chi connectivity index (χ0) is 24.9. The number of nitrogens with zero attached hydrogens (tertiary/aromatic N) is 6. The summed E-state index contributed by atoms with van der Waals surface area (Å²) in [6, 6.07) is 2.31. The van der Waals surface area contributed by atoms with Crippen molar-refractivity contribution in [1.29, 1.82) is 0 Å². The lowest BCUT2D eigenvalue weighted by Crippen LogP contribution is -2.48. The van der Waals surface area contributed by atoms with Gasteiger partial charge in [-0.1, -0.05) is 5.10 Å². The van der Waals surface area contributed by atoms with Crippen molar-refractivity contribution in [1.82, 2.24) is 25.0 Å². The summed E-state index contributed by atoms with van der Waals surface area (Å²) in [5, 5.41) is 15.9. The number of fused-ring (bicyclic) bond motifs is 2. The third-order valence-corrected chi connectivity index (χ3v) is 6.46. The SMILES string of the molecule is Cc1nnc(N2C[C@H]3CC[C@@H](C2)[C@@H]3Nc2nc(Oc3cc(C(F)(F)F)ccc3F)n(C(C)C)n2)o1. The van der Waals surface area contributed by atoms with Crippen molar-refractivity contribution in [2.45, 2.75) is 51.9 Å². The van der Waals surface area contributed by atoms with Gasteiger partial charge in [-0.25, -0.2) is 9.07 Å². The Balaban J connectivity index is 1.35. The van der Waals surface area contributed by atoms with Crippen LogP contribution in [0.15, 0.2) is 22.6 Å². The molecule has 0 spiro atoms. The van der Waals surface area contributed by atoms with Gasteiger partial charge in [-0.3, -0.25) is 0 Å². The molecule has 0 amide bonds. The fourth-order valence-electron chi connectivity index (χ4n) is 4.81. The van der Waals surface area contributed by atoms with Gasteiger partial charge in [0.05, 0.1) is 11.6 Å². The fraction of sp³-hybridized carbons (Fsp3) is 0.545. The van der Waals surface area contributed by atoms with E-state index in [4.69, 9.17) is 9.15 Å². The predicted octanol–water partition coefficient (Wildman–Crippen LogP) is 4.83. The average molecular weight is 495 g/mol. The van der Waals surface area contributed by atoms with Crippen molar-refractivity contribution >= 4 is 12.0 Å². The standard InChI is InChI=1S/C22H25F4N7O2/c1-11(2)33-20(35-17-8-15(22(24,25)26)6-7-16(17)23)28-19(31-33)27-18-13-4-5-14(18)10-32(9-13)21-30-29-12(3)34-21/h6-8,11,13-14,18H,4-5,9-10H2,1-3H3,(H,27,31)/t13-,14+,18-. The summed E-state index contributed by atoms with van der Waals surface area (Å²) in [5.74, 6) is -0.114. The van der Waals surface area contributed by atoms with Gasteiger partial charge in [0.2, 0.25) is 11.8 Å². The number of nitrogens with one attached hydrogen (secondary N) is 1. The molecule has 1 saturated heterocycles. The maximum absolute atomic E-state index is 14.3. The van der Waals surface area contributed by atoms with Gasteiger partial charge in [0.25, 0.3) is 0 Å². The van der Waals surface area contributed by atoms with Crippen LogP contribution in [0, 0.1) is 24.6 Å². The van der Waals surface area contributed by atoms with Crippen LogP contribution in [0.25, 0.3) is 0 Å². The van der Waals surface area contributed by atoms with Crippen LogP contribution in [0.4, 0.5) is 29.5 Å². The molecular formula is C22H25F4N7O2. The molecule has 2 bridgehead atoms. The first kappa shape index (κ1) is 23.4. The number of alkyl halides is 3.